The monoisotopic (exact) mass is 426 g/mol. The molecule has 2 aliphatic heterocycles. The summed E-state index contributed by atoms with van der Waals surface area (Å²) < 4.78 is 0. The maximum absolute atomic E-state index is 13.1. The number of likely N-dealkylation sites (N-methyl/N-ethyl adjacent to an activating group) is 2. The van der Waals surface area contributed by atoms with Gasteiger partial charge in [-0.3, -0.25) is 34.3 Å². The second kappa shape index (κ2) is 8.42. The minimum Gasteiger partial charge on any atom is -0.370 e. The van der Waals surface area contributed by atoms with Gasteiger partial charge in [0.2, 0.25) is 11.8 Å². The van der Waals surface area contributed by atoms with Gasteiger partial charge in [0.05, 0.1) is 11.1 Å². The summed E-state index contributed by atoms with van der Waals surface area (Å²) in [5, 5.41) is 2.23. The van der Waals surface area contributed by atoms with E-state index in [1.165, 1.54) is 6.42 Å². The van der Waals surface area contributed by atoms with Gasteiger partial charge in [-0.15, -0.1) is 0 Å². The fourth-order valence-corrected chi connectivity index (χ4v) is 5.36. The number of anilines is 1. The highest BCUT2D eigenvalue weighted by atomic mass is 16.2. The van der Waals surface area contributed by atoms with Crippen molar-refractivity contribution in [2.45, 2.75) is 64.1 Å². The molecule has 2 fully saturated rings. The maximum Gasteiger partial charge on any atom is 0.262 e. The van der Waals surface area contributed by atoms with Crippen LogP contribution in [-0.2, 0) is 9.59 Å². The lowest BCUT2D eigenvalue weighted by atomic mass is 10.0. The first-order valence-corrected chi connectivity index (χ1v) is 11.2. The van der Waals surface area contributed by atoms with Crippen molar-refractivity contribution in [3.05, 3.63) is 29.3 Å². The quantitative estimate of drug-likeness (QED) is 0.698. The van der Waals surface area contributed by atoms with Gasteiger partial charge in [0.15, 0.2) is 0 Å². The Morgan fingerprint density at radius 3 is 2.32 bits per heavy atom. The molecule has 4 amide bonds. The van der Waals surface area contributed by atoms with Crippen LogP contribution < -0.4 is 10.2 Å². The van der Waals surface area contributed by atoms with Gasteiger partial charge in [-0.1, -0.05) is 13.8 Å². The van der Waals surface area contributed by atoms with Crippen molar-refractivity contribution >= 4 is 29.3 Å². The number of imide groups is 2. The summed E-state index contributed by atoms with van der Waals surface area (Å²) in [6.07, 6.45) is 3.69. The van der Waals surface area contributed by atoms with E-state index < -0.39 is 23.8 Å². The van der Waals surface area contributed by atoms with Crippen LogP contribution in [0.5, 0.6) is 0 Å². The van der Waals surface area contributed by atoms with Crippen LogP contribution in [0.3, 0.4) is 0 Å². The molecule has 1 N–H and O–H groups in total. The summed E-state index contributed by atoms with van der Waals surface area (Å²) in [5.41, 5.74) is 1.55. The van der Waals surface area contributed by atoms with Crippen molar-refractivity contribution in [2.24, 2.45) is 0 Å². The van der Waals surface area contributed by atoms with Crippen molar-refractivity contribution in [1.29, 1.82) is 0 Å². The minimum atomic E-state index is -0.937. The molecule has 31 heavy (non-hydrogen) atoms. The van der Waals surface area contributed by atoms with E-state index in [9.17, 15) is 19.2 Å². The van der Waals surface area contributed by atoms with Crippen LogP contribution in [0.25, 0.3) is 0 Å². The average molecular weight is 427 g/mol. The Balaban J connectivity index is 1.58. The zero-order valence-electron chi connectivity index (χ0n) is 18.4. The Labute approximate surface area is 182 Å². The lowest BCUT2D eigenvalue weighted by Gasteiger charge is -2.37. The first-order valence-electron chi connectivity index (χ1n) is 11.2. The van der Waals surface area contributed by atoms with Gasteiger partial charge in [-0.05, 0) is 57.0 Å². The summed E-state index contributed by atoms with van der Waals surface area (Å²) in [6.45, 7) is 6.37. The van der Waals surface area contributed by atoms with Crippen LogP contribution in [0.15, 0.2) is 18.2 Å². The van der Waals surface area contributed by atoms with Gasteiger partial charge >= 0.3 is 0 Å². The summed E-state index contributed by atoms with van der Waals surface area (Å²) in [5.74, 6) is -1.89. The second-order valence-corrected chi connectivity index (χ2v) is 8.57. The van der Waals surface area contributed by atoms with Gasteiger partial charge < -0.3 is 4.90 Å². The number of carbonyl (C=O) groups is 4. The number of nitrogens with zero attached hydrogens (tertiary/aromatic N) is 3. The second-order valence-electron chi connectivity index (χ2n) is 8.57. The molecule has 1 aromatic carbocycles. The molecule has 1 saturated heterocycles. The molecule has 166 valence electrons. The number of benzene rings is 1. The SMILES string of the molecule is CCN(CC)[C@H]1CCCC1N(C)c1ccc2c(c1)C(=O)N(C1CCC(=O)NC1=O)C2=O. The maximum atomic E-state index is 13.1. The number of fused-ring (bicyclic) bond motifs is 1. The number of rotatable bonds is 6. The largest absolute Gasteiger partial charge is 0.370 e. The predicted molar refractivity (Wildman–Crippen MR) is 116 cm³/mol. The van der Waals surface area contributed by atoms with Crippen LogP contribution in [0.4, 0.5) is 5.69 Å². The zero-order valence-corrected chi connectivity index (χ0v) is 18.4. The van der Waals surface area contributed by atoms with Crippen LogP contribution in [0.1, 0.15) is 66.7 Å². The molecule has 0 radical (unpaired) electrons. The molecule has 1 aliphatic carbocycles. The van der Waals surface area contributed by atoms with Gasteiger partial charge in [0.25, 0.3) is 11.8 Å². The van der Waals surface area contributed by atoms with E-state index in [0.29, 0.717) is 23.2 Å². The van der Waals surface area contributed by atoms with Gasteiger partial charge in [-0.2, -0.15) is 0 Å². The highest BCUT2D eigenvalue weighted by Gasteiger charge is 2.45. The molecule has 0 aromatic heterocycles. The highest BCUT2D eigenvalue weighted by molar-refractivity contribution is 6.23. The summed E-state index contributed by atoms with van der Waals surface area (Å²) in [6, 6.07) is 5.22. The number of hydrogen-bond acceptors (Lipinski definition) is 6. The molecular weight excluding hydrogens is 396 g/mol. The van der Waals surface area contributed by atoms with Crippen LogP contribution in [0.2, 0.25) is 0 Å². The van der Waals surface area contributed by atoms with E-state index in [2.05, 4.69) is 29.0 Å². The summed E-state index contributed by atoms with van der Waals surface area (Å²) >= 11 is 0. The van der Waals surface area contributed by atoms with Gasteiger partial charge in [0, 0.05) is 31.2 Å². The van der Waals surface area contributed by atoms with E-state index in [4.69, 9.17) is 0 Å². The lowest BCUT2D eigenvalue weighted by Crippen LogP contribution is -2.54. The van der Waals surface area contributed by atoms with Crippen LogP contribution in [0, 0.1) is 0 Å². The standard InChI is InChI=1S/C23H30N4O4/c1-4-26(5-2)18-8-6-7-17(18)25(3)14-9-10-15-16(13-14)23(31)27(22(15)30)19-11-12-20(28)24-21(19)29/h9-10,13,17-19H,4-8,11-12H2,1-3H3,(H,24,28,29)/t17?,18-,19?/m0/s1. The van der Waals surface area contributed by atoms with E-state index >= 15 is 0 Å². The zero-order chi connectivity index (χ0) is 22.3. The number of carbonyl (C=O) groups excluding carboxylic acids is 4. The van der Waals surface area contributed by atoms with E-state index in [1.807, 2.05) is 13.1 Å². The van der Waals surface area contributed by atoms with E-state index in [1.54, 1.807) is 12.1 Å². The average Bonchev–Trinajstić information content (AvgIpc) is 3.33. The molecule has 0 bridgehead atoms. The molecule has 3 aliphatic rings. The molecule has 3 atom stereocenters. The van der Waals surface area contributed by atoms with Crippen molar-refractivity contribution in [3.63, 3.8) is 0 Å². The van der Waals surface area contributed by atoms with E-state index in [0.717, 1.165) is 36.5 Å². The number of nitrogens with one attached hydrogen (secondary N) is 1. The first kappa shape index (κ1) is 21.5. The Kier molecular flexibility index (Phi) is 5.83. The van der Waals surface area contributed by atoms with Crippen molar-refractivity contribution in [2.75, 3.05) is 25.0 Å². The molecule has 1 aromatic rings. The minimum absolute atomic E-state index is 0.117. The molecular formula is C23H30N4O4. The predicted octanol–water partition coefficient (Wildman–Crippen LogP) is 1.79. The normalized spacial score (nSPS) is 25.9. The Morgan fingerprint density at radius 1 is 0.968 bits per heavy atom. The third-order valence-electron chi connectivity index (χ3n) is 7.05. The fourth-order valence-electron chi connectivity index (χ4n) is 5.36. The molecule has 0 spiro atoms. The third-order valence-corrected chi connectivity index (χ3v) is 7.05. The number of piperidine rings is 1. The highest BCUT2D eigenvalue weighted by Crippen LogP contribution is 2.34. The summed E-state index contributed by atoms with van der Waals surface area (Å²) in [7, 11) is 2.05. The topological polar surface area (TPSA) is 90.0 Å². The Morgan fingerprint density at radius 2 is 1.65 bits per heavy atom. The third kappa shape index (κ3) is 3.63. The van der Waals surface area contributed by atoms with Crippen molar-refractivity contribution in [1.82, 2.24) is 15.1 Å². The van der Waals surface area contributed by atoms with Gasteiger partial charge in [0.1, 0.15) is 6.04 Å². The summed E-state index contributed by atoms with van der Waals surface area (Å²) in [4.78, 5) is 55.4. The molecule has 4 rings (SSSR count). The smallest absolute Gasteiger partial charge is 0.262 e. The van der Waals surface area contributed by atoms with Crippen LogP contribution >= 0.6 is 0 Å². The number of amides is 4. The van der Waals surface area contributed by atoms with Crippen molar-refractivity contribution in [3.8, 4) is 0 Å². The Bertz CT molecular complexity index is 926. The van der Waals surface area contributed by atoms with Crippen molar-refractivity contribution < 1.29 is 19.2 Å². The fraction of sp³-hybridized carbons (Fsp3) is 0.565. The van der Waals surface area contributed by atoms with Crippen LogP contribution in [-0.4, -0.2) is 71.7 Å². The molecule has 2 heterocycles. The molecule has 1 saturated carbocycles. The molecule has 8 heteroatoms. The van der Waals surface area contributed by atoms with Gasteiger partial charge in [-0.25, -0.2) is 0 Å². The molecule has 8 nitrogen and oxygen atoms in total. The number of hydrogen-bond donors (Lipinski definition) is 1. The first-order chi connectivity index (χ1) is 14.9. The Hall–Kier alpha value is -2.74. The van der Waals surface area contributed by atoms with E-state index in [-0.39, 0.29) is 18.7 Å². The lowest BCUT2D eigenvalue weighted by molar-refractivity contribution is -0.136. The molecule has 2 unspecified atom stereocenters.